The van der Waals surface area contributed by atoms with Crippen molar-refractivity contribution in [3.05, 3.63) is 18.2 Å². The van der Waals surface area contributed by atoms with E-state index in [9.17, 15) is 4.79 Å². The summed E-state index contributed by atoms with van der Waals surface area (Å²) in [6.45, 7) is 1.62. The average molecular weight is 208 g/mol. The van der Waals surface area contributed by atoms with Crippen molar-refractivity contribution in [3.63, 3.8) is 0 Å². The van der Waals surface area contributed by atoms with Crippen LogP contribution in [0.15, 0.2) is 12.5 Å². The van der Waals surface area contributed by atoms with E-state index in [4.69, 9.17) is 0 Å². The first-order valence-corrected chi connectivity index (χ1v) is 5.15. The summed E-state index contributed by atoms with van der Waals surface area (Å²) in [5.41, 5.74) is 0.659. The number of nitrogens with zero attached hydrogens (tertiary/aromatic N) is 3. The Labute approximate surface area is 89.1 Å². The number of carbonyl (C=O) groups excluding carboxylic acids is 1. The van der Waals surface area contributed by atoms with Gasteiger partial charge in [0, 0.05) is 26.2 Å². The first-order valence-electron chi connectivity index (χ1n) is 5.15. The number of carbonyl (C=O) groups is 1. The van der Waals surface area contributed by atoms with Gasteiger partial charge in [0.25, 0.3) is 5.91 Å². The molecule has 1 atom stereocenters. The van der Waals surface area contributed by atoms with Gasteiger partial charge in [0.2, 0.25) is 0 Å². The van der Waals surface area contributed by atoms with E-state index < -0.39 is 0 Å². The maximum atomic E-state index is 12.0. The highest BCUT2D eigenvalue weighted by Crippen LogP contribution is 2.12. The maximum absolute atomic E-state index is 12.0. The van der Waals surface area contributed by atoms with E-state index in [1.807, 2.05) is 19.0 Å². The highest BCUT2D eigenvalue weighted by molar-refractivity contribution is 5.92. The fourth-order valence-corrected chi connectivity index (χ4v) is 1.91. The molecule has 0 spiro atoms. The number of amides is 1. The fourth-order valence-electron chi connectivity index (χ4n) is 1.91. The molecule has 1 saturated heterocycles. The van der Waals surface area contributed by atoms with Gasteiger partial charge in [-0.3, -0.25) is 4.79 Å². The Bertz CT molecular complexity index is 360. The van der Waals surface area contributed by atoms with E-state index in [0.717, 1.165) is 19.5 Å². The van der Waals surface area contributed by atoms with Gasteiger partial charge in [-0.25, -0.2) is 4.98 Å². The smallest absolute Gasteiger partial charge is 0.272 e. The summed E-state index contributed by atoms with van der Waals surface area (Å²) in [6.07, 6.45) is 4.30. The number of aryl methyl sites for hydroxylation is 1. The van der Waals surface area contributed by atoms with Gasteiger partial charge in [-0.15, -0.1) is 0 Å². The molecule has 0 saturated carbocycles. The van der Waals surface area contributed by atoms with Gasteiger partial charge in [0.1, 0.15) is 5.69 Å². The normalized spacial score (nSPS) is 20.9. The number of likely N-dealkylation sites (N-methyl/N-ethyl adjacent to an activating group) is 1. The van der Waals surface area contributed by atoms with Gasteiger partial charge >= 0.3 is 0 Å². The molecular formula is C10H16N4O. The lowest BCUT2D eigenvalue weighted by Gasteiger charge is -2.16. The van der Waals surface area contributed by atoms with Crippen molar-refractivity contribution in [2.45, 2.75) is 12.5 Å². The molecule has 1 aliphatic heterocycles. The summed E-state index contributed by atoms with van der Waals surface area (Å²) in [4.78, 5) is 17.9. The van der Waals surface area contributed by atoms with E-state index in [1.165, 1.54) is 0 Å². The monoisotopic (exact) mass is 208 g/mol. The first kappa shape index (κ1) is 10.2. The molecule has 1 aromatic rings. The van der Waals surface area contributed by atoms with Crippen LogP contribution in [0, 0.1) is 0 Å². The van der Waals surface area contributed by atoms with Crippen molar-refractivity contribution in [2.24, 2.45) is 7.05 Å². The minimum absolute atomic E-state index is 0.0766. The molecule has 1 amide bonds. The first-order chi connectivity index (χ1) is 7.22. The number of hydrogen-bond donors (Lipinski definition) is 1. The molecule has 0 aliphatic carbocycles. The van der Waals surface area contributed by atoms with Crippen LogP contribution in [-0.2, 0) is 7.05 Å². The Balaban J connectivity index is 2.07. The van der Waals surface area contributed by atoms with Crippen LogP contribution in [0.4, 0.5) is 0 Å². The van der Waals surface area contributed by atoms with E-state index in [0.29, 0.717) is 11.7 Å². The van der Waals surface area contributed by atoms with E-state index in [-0.39, 0.29) is 5.91 Å². The van der Waals surface area contributed by atoms with Crippen molar-refractivity contribution in [2.75, 3.05) is 20.1 Å². The quantitative estimate of drug-likeness (QED) is 0.735. The summed E-state index contributed by atoms with van der Waals surface area (Å²) >= 11 is 0. The summed E-state index contributed by atoms with van der Waals surface area (Å²) in [5, 5.41) is 3.19. The Kier molecular flexibility index (Phi) is 2.73. The molecule has 82 valence electrons. The summed E-state index contributed by atoms with van der Waals surface area (Å²) < 4.78 is 1.76. The molecular weight excluding hydrogens is 192 g/mol. The molecule has 0 aromatic carbocycles. The van der Waals surface area contributed by atoms with Crippen LogP contribution in [0.25, 0.3) is 0 Å². The second-order valence-corrected chi connectivity index (χ2v) is 3.92. The van der Waals surface area contributed by atoms with Gasteiger partial charge in [0.15, 0.2) is 0 Å². The van der Waals surface area contributed by atoms with E-state index >= 15 is 0 Å². The van der Waals surface area contributed by atoms with Crippen LogP contribution in [0.5, 0.6) is 0 Å². The predicted molar refractivity (Wildman–Crippen MR) is 56.6 cm³/mol. The second kappa shape index (κ2) is 4.02. The molecule has 1 N–H and O–H groups in total. The number of hydrogen-bond acceptors (Lipinski definition) is 3. The molecule has 2 rings (SSSR count). The number of rotatable bonds is 2. The van der Waals surface area contributed by atoms with Crippen LogP contribution in [-0.4, -0.2) is 46.5 Å². The Morgan fingerprint density at radius 3 is 3.00 bits per heavy atom. The molecule has 0 bridgehead atoms. The van der Waals surface area contributed by atoms with E-state index in [1.54, 1.807) is 17.1 Å². The molecule has 1 aliphatic rings. The third-order valence-electron chi connectivity index (χ3n) is 2.92. The lowest BCUT2D eigenvalue weighted by molar-refractivity contribution is 0.0780. The summed E-state index contributed by atoms with van der Waals surface area (Å²) in [5.74, 6) is 0.0766. The van der Waals surface area contributed by atoms with Crippen molar-refractivity contribution in [1.82, 2.24) is 19.8 Å². The van der Waals surface area contributed by atoms with Crippen LogP contribution >= 0.6 is 0 Å². The number of imidazole rings is 1. The molecule has 5 nitrogen and oxygen atoms in total. The minimum atomic E-state index is 0.0766. The molecule has 0 radical (unpaired) electrons. The maximum Gasteiger partial charge on any atom is 0.272 e. The molecule has 1 unspecified atom stereocenters. The predicted octanol–water partition coefficient (Wildman–Crippen LogP) is -0.146. The highest BCUT2D eigenvalue weighted by Gasteiger charge is 2.26. The van der Waals surface area contributed by atoms with Crippen molar-refractivity contribution in [3.8, 4) is 0 Å². The van der Waals surface area contributed by atoms with Gasteiger partial charge in [0.05, 0.1) is 12.5 Å². The highest BCUT2D eigenvalue weighted by atomic mass is 16.2. The molecule has 15 heavy (non-hydrogen) atoms. The SMILES string of the molecule is CNC1CCN(C(=O)c2cncn2C)C1. The van der Waals surface area contributed by atoms with Gasteiger partial charge in [-0.1, -0.05) is 0 Å². The van der Waals surface area contributed by atoms with Crippen molar-refractivity contribution in [1.29, 1.82) is 0 Å². The third-order valence-corrected chi connectivity index (χ3v) is 2.92. The largest absolute Gasteiger partial charge is 0.336 e. The van der Waals surface area contributed by atoms with Crippen LogP contribution in [0.3, 0.4) is 0 Å². The summed E-state index contributed by atoms with van der Waals surface area (Å²) in [7, 11) is 3.77. The molecule has 1 aromatic heterocycles. The number of likely N-dealkylation sites (tertiary alicyclic amines) is 1. The lowest BCUT2D eigenvalue weighted by Crippen LogP contribution is -2.34. The van der Waals surface area contributed by atoms with Crippen molar-refractivity contribution < 1.29 is 4.79 Å². The minimum Gasteiger partial charge on any atom is -0.336 e. The van der Waals surface area contributed by atoms with Crippen LogP contribution < -0.4 is 5.32 Å². The van der Waals surface area contributed by atoms with Gasteiger partial charge in [-0.05, 0) is 13.5 Å². The fraction of sp³-hybridized carbons (Fsp3) is 0.600. The number of nitrogens with one attached hydrogen (secondary N) is 1. The third kappa shape index (κ3) is 1.87. The molecule has 5 heteroatoms. The zero-order valence-corrected chi connectivity index (χ0v) is 9.10. The zero-order chi connectivity index (χ0) is 10.8. The molecule has 2 heterocycles. The Morgan fingerprint density at radius 2 is 2.47 bits per heavy atom. The topological polar surface area (TPSA) is 50.2 Å². The molecule has 1 fully saturated rings. The average Bonchev–Trinajstić information content (AvgIpc) is 2.84. The standard InChI is InChI=1S/C10H16N4O/c1-11-8-3-4-14(6-8)10(15)9-5-12-7-13(9)2/h5,7-8,11H,3-4,6H2,1-2H3. The Hall–Kier alpha value is -1.36. The Morgan fingerprint density at radius 1 is 1.67 bits per heavy atom. The zero-order valence-electron chi connectivity index (χ0n) is 9.10. The second-order valence-electron chi connectivity index (χ2n) is 3.92. The van der Waals surface area contributed by atoms with E-state index in [2.05, 4.69) is 10.3 Å². The summed E-state index contributed by atoms with van der Waals surface area (Å²) in [6, 6.07) is 0.433. The van der Waals surface area contributed by atoms with Gasteiger partial charge < -0.3 is 14.8 Å². The van der Waals surface area contributed by atoms with Crippen LogP contribution in [0.1, 0.15) is 16.9 Å². The lowest BCUT2D eigenvalue weighted by atomic mass is 10.3. The number of aromatic nitrogens is 2. The van der Waals surface area contributed by atoms with Gasteiger partial charge in [-0.2, -0.15) is 0 Å². The van der Waals surface area contributed by atoms with Crippen molar-refractivity contribution >= 4 is 5.91 Å². The van der Waals surface area contributed by atoms with Crippen LogP contribution in [0.2, 0.25) is 0 Å².